The number of primary amides is 1. The zero-order chi connectivity index (χ0) is 20.1. The van der Waals surface area contributed by atoms with Crippen LogP contribution in [-0.4, -0.2) is 21.7 Å². The van der Waals surface area contributed by atoms with Gasteiger partial charge in [-0.2, -0.15) is 10.1 Å². The van der Waals surface area contributed by atoms with Crippen molar-refractivity contribution in [2.45, 2.75) is 0 Å². The summed E-state index contributed by atoms with van der Waals surface area (Å²) in [6.07, 6.45) is 0. The Hall–Kier alpha value is -2.63. The number of hydrazone groups is 1. The van der Waals surface area contributed by atoms with Gasteiger partial charge in [-0.3, -0.25) is 10.2 Å². The highest BCUT2D eigenvalue weighted by molar-refractivity contribution is 9.10. The van der Waals surface area contributed by atoms with Crippen molar-refractivity contribution in [3.8, 4) is 5.88 Å². The first-order valence-electron chi connectivity index (χ1n) is 7.69. The zero-order valence-electron chi connectivity index (χ0n) is 14.0. The Morgan fingerprint density at radius 3 is 2.25 bits per heavy atom. The molecule has 0 aliphatic heterocycles. The van der Waals surface area contributed by atoms with E-state index in [4.69, 9.17) is 5.73 Å². The number of azo groups is 1. The van der Waals surface area contributed by atoms with E-state index in [-0.39, 0.29) is 21.6 Å². The highest BCUT2D eigenvalue weighted by Gasteiger charge is 2.19. The van der Waals surface area contributed by atoms with E-state index in [9.17, 15) is 9.90 Å². The van der Waals surface area contributed by atoms with Crippen LogP contribution in [0.15, 0.2) is 72.8 Å². The van der Waals surface area contributed by atoms with Crippen LogP contribution in [0, 0.1) is 0 Å². The highest BCUT2D eigenvalue weighted by atomic mass is 79.9. The van der Waals surface area contributed by atoms with Crippen molar-refractivity contribution < 1.29 is 9.90 Å². The first-order valence-corrected chi connectivity index (χ1v) is 10.1. The number of nitrogens with two attached hydrogens (primary N) is 1. The molecule has 0 bridgehead atoms. The summed E-state index contributed by atoms with van der Waals surface area (Å²) in [5, 5.41) is 22.3. The number of hydrogen-bond acceptors (Lipinski definition) is 8. The fraction of sp³-hybridized carbons (Fsp3) is 0. The molecule has 0 unspecified atom stereocenters. The number of hydrogen-bond donors (Lipinski definition) is 3. The number of anilines is 1. The Morgan fingerprint density at radius 1 is 1.04 bits per heavy atom. The number of aromatic hydroxyl groups is 1. The van der Waals surface area contributed by atoms with E-state index in [0.717, 1.165) is 20.3 Å². The molecule has 0 aliphatic rings. The molecular weight excluding hydrogens is 512 g/mol. The van der Waals surface area contributed by atoms with E-state index in [1.807, 2.05) is 24.3 Å². The Kier molecular flexibility index (Phi) is 6.49. The molecule has 0 spiro atoms. The van der Waals surface area contributed by atoms with Crippen molar-refractivity contribution in [1.29, 1.82) is 0 Å². The molecule has 142 valence electrons. The number of thiazole rings is 1. The van der Waals surface area contributed by atoms with Crippen LogP contribution in [0.3, 0.4) is 0 Å². The predicted octanol–water partition coefficient (Wildman–Crippen LogP) is 5.09. The molecule has 2 aromatic carbocycles. The number of aromatic nitrogens is 1. The van der Waals surface area contributed by atoms with E-state index < -0.39 is 5.91 Å². The average molecular weight is 524 g/mol. The SMILES string of the molecule is NC(=O)C(=NNc1ccc(Br)cc1)c1nc(O)c(N=Nc2ccc(Br)cc2)s1. The summed E-state index contributed by atoms with van der Waals surface area (Å²) < 4.78 is 1.82. The molecule has 3 rings (SSSR count). The van der Waals surface area contributed by atoms with Crippen LogP contribution in [0.2, 0.25) is 0 Å². The van der Waals surface area contributed by atoms with Gasteiger partial charge in [0.05, 0.1) is 11.4 Å². The third kappa shape index (κ3) is 5.21. The monoisotopic (exact) mass is 522 g/mol. The molecule has 1 heterocycles. The molecule has 1 amide bonds. The van der Waals surface area contributed by atoms with Crippen molar-refractivity contribution >= 4 is 71.2 Å². The Labute approximate surface area is 180 Å². The number of amides is 1. The average Bonchev–Trinajstić information content (AvgIpc) is 3.03. The van der Waals surface area contributed by atoms with Crippen molar-refractivity contribution in [2.75, 3.05) is 5.43 Å². The molecular formula is C17H12Br2N6O2S. The molecule has 0 saturated carbocycles. The minimum absolute atomic E-state index is 0.124. The third-order valence-electron chi connectivity index (χ3n) is 3.25. The summed E-state index contributed by atoms with van der Waals surface area (Å²) in [4.78, 5) is 15.7. The molecule has 0 saturated heterocycles. The quantitative estimate of drug-likeness (QED) is 0.236. The first kappa shape index (κ1) is 20.1. The van der Waals surface area contributed by atoms with E-state index in [1.54, 1.807) is 24.3 Å². The Bertz CT molecular complexity index is 1050. The van der Waals surface area contributed by atoms with Crippen LogP contribution in [0.4, 0.5) is 16.4 Å². The van der Waals surface area contributed by atoms with Gasteiger partial charge in [-0.1, -0.05) is 43.2 Å². The molecule has 1 aromatic heterocycles. The summed E-state index contributed by atoms with van der Waals surface area (Å²) >= 11 is 7.62. The number of rotatable bonds is 6. The molecule has 8 nitrogen and oxygen atoms in total. The number of benzene rings is 2. The molecule has 0 aliphatic carbocycles. The topological polar surface area (TPSA) is 125 Å². The lowest BCUT2D eigenvalue weighted by Crippen LogP contribution is -2.25. The Balaban J connectivity index is 1.83. The van der Waals surface area contributed by atoms with Crippen LogP contribution in [-0.2, 0) is 4.79 Å². The second kappa shape index (κ2) is 9.04. The van der Waals surface area contributed by atoms with Crippen LogP contribution >= 0.6 is 43.2 Å². The second-order valence-corrected chi connectivity index (χ2v) is 8.08. The summed E-state index contributed by atoms with van der Waals surface area (Å²) in [6.45, 7) is 0. The van der Waals surface area contributed by atoms with Crippen molar-refractivity contribution in [1.82, 2.24) is 4.98 Å². The van der Waals surface area contributed by atoms with Gasteiger partial charge in [0.25, 0.3) is 11.8 Å². The van der Waals surface area contributed by atoms with Gasteiger partial charge in [0.15, 0.2) is 10.7 Å². The molecule has 4 N–H and O–H groups in total. The first-order chi connectivity index (χ1) is 13.4. The fourth-order valence-electron chi connectivity index (χ4n) is 1.93. The lowest BCUT2D eigenvalue weighted by Gasteiger charge is -2.02. The maximum Gasteiger partial charge on any atom is 0.272 e. The predicted molar refractivity (Wildman–Crippen MR) is 116 cm³/mol. The standard InChI is InChI=1S/C17H12Br2N6O2S/c18-9-1-5-11(6-2-9)22-24-13(14(20)26)16-21-15(27)17(28-16)25-23-12-7-3-10(19)4-8-12/h1-8,22,27H,(H2,20,26). The van der Waals surface area contributed by atoms with Crippen LogP contribution in [0.1, 0.15) is 5.01 Å². The van der Waals surface area contributed by atoms with Gasteiger partial charge >= 0.3 is 0 Å². The summed E-state index contributed by atoms with van der Waals surface area (Å²) in [5.74, 6) is -1.16. The second-order valence-electron chi connectivity index (χ2n) is 5.27. The smallest absolute Gasteiger partial charge is 0.272 e. The van der Waals surface area contributed by atoms with Gasteiger partial charge in [0.1, 0.15) is 0 Å². The van der Waals surface area contributed by atoms with E-state index >= 15 is 0 Å². The minimum Gasteiger partial charge on any atom is -0.491 e. The van der Waals surface area contributed by atoms with Crippen LogP contribution < -0.4 is 11.2 Å². The van der Waals surface area contributed by atoms with Crippen LogP contribution in [0.5, 0.6) is 5.88 Å². The lowest BCUT2D eigenvalue weighted by atomic mass is 10.3. The van der Waals surface area contributed by atoms with E-state index in [0.29, 0.717) is 11.4 Å². The van der Waals surface area contributed by atoms with Gasteiger partial charge in [0, 0.05) is 8.95 Å². The molecule has 0 fully saturated rings. The number of carbonyl (C=O) groups excluding carboxylic acids is 1. The molecule has 11 heteroatoms. The molecule has 0 atom stereocenters. The van der Waals surface area contributed by atoms with Crippen LogP contribution in [0.25, 0.3) is 0 Å². The normalized spacial score (nSPS) is 11.7. The van der Waals surface area contributed by atoms with Gasteiger partial charge in [0.2, 0.25) is 5.00 Å². The summed E-state index contributed by atoms with van der Waals surface area (Å²) in [5.41, 5.74) is 9.26. The van der Waals surface area contributed by atoms with Gasteiger partial charge in [-0.05, 0) is 48.5 Å². The maximum absolute atomic E-state index is 11.8. The fourth-order valence-corrected chi connectivity index (χ4v) is 3.24. The number of nitrogens with one attached hydrogen (secondary N) is 1. The lowest BCUT2D eigenvalue weighted by molar-refractivity contribution is -0.111. The third-order valence-corrected chi connectivity index (χ3v) is 5.24. The largest absolute Gasteiger partial charge is 0.491 e. The van der Waals surface area contributed by atoms with E-state index in [2.05, 4.69) is 57.6 Å². The van der Waals surface area contributed by atoms with Gasteiger partial charge < -0.3 is 10.8 Å². The van der Waals surface area contributed by atoms with Gasteiger partial charge in [-0.25, -0.2) is 0 Å². The summed E-state index contributed by atoms with van der Waals surface area (Å²) in [6, 6.07) is 14.3. The zero-order valence-corrected chi connectivity index (χ0v) is 18.0. The number of halogens is 2. The number of nitrogens with zero attached hydrogens (tertiary/aromatic N) is 4. The number of carbonyl (C=O) groups is 1. The highest BCUT2D eigenvalue weighted by Crippen LogP contribution is 2.35. The van der Waals surface area contributed by atoms with E-state index in [1.165, 1.54) is 0 Å². The van der Waals surface area contributed by atoms with Gasteiger partial charge in [-0.15, -0.1) is 10.2 Å². The molecule has 28 heavy (non-hydrogen) atoms. The maximum atomic E-state index is 11.8. The molecule has 0 radical (unpaired) electrons. The van der Waals surface area contributed by atoms with Crippen molar-refractivity contribution in [3.63, 3.8) is 0 Å². The van der Waals surface area contributed by atoms with Crippen molar-refractivity contribution in [2.24, 2.45) is 21.1 Å². The Morgan fingerprint density at radius 2 is 1.64 bits per heavy atom. The minimum atomic E-state index is -0.797. The summed E-state index contributed by atoms with van der Waals surface area (Å²) in [7, 11) is 0. The molecule has 3 aromatic rings. The van der Waals surface area contributed by atoms with Crippen molar-refractivity contribution in [3.05, 3.63) is 62.5 Å².